The van der Waals surface area contributed by atoms with E-state index in [0.717, 1.165) is 5.01 Å². The summed E-state index contributed by atoms with van der Waals surface area (Å²) in [6, 6.07) is -1.04. The Kier molecular flexibility index (Phi) is 4.19. The number of aromatic nitrogens is 1. The predicted octanol–water partition coefficient (Wildman–Crippen LogP) is 0.977. The Morgan fingerprint density at radius 2 is 2.47 bits per heavy atom. The van der Waals surface area contributed by atoms with Crippen LogP contribution in [0.5, 0.6) is 0 Å². The zero-order valence-electron chi connectivity index (χ0n) is 8.64. The molecule has 1 heterocycles. The lowest BCUT2D eigenvalue weighted by Gasteiger charge is -2.06. The summed E-state index contributed by atoms with van der Waals surface area (Å²) in [4.78, 5) is 14.8. The molecule has 1 aromatic heterocycles. The second-order valence-corrected chi connectivity index (χ2v) is 4.17. The Balaban J connectivity index is 2.75. The highest BCUT2D eigenvalue weighted by molar-refractivity contribution is 7.09. The normalized spacial score (nSPS) is 14.9. The van der Waals surface area contributed by atoms with E-state index in [-0.39, 0.29) is 5.92 Å². The maximum atomic E-state index is 10.6. The quantitative estimate of drug-likeness (QED) is 0.787. The molecule has 6 heteroatoms. The molecule has 2 unspecified atom stereocenters. The van der Waals surface area contributed by atoms with Crippen LogP contribution in [0.15, 0.2) is 5.38 Å². The SMILES string of the molecule is COCC(C)c1nc(C(N)C(=O)O)cs1. The van der Waals surface area contributed by atoms with Gasteiger partial charge in [0.25, 0.3) is 0 Å². The fourth-order valence-corrected chi connectivity index (χ4v) is 2.02. The van der Waals surface area contributed by atoms with Gasteiger partial charge in [-0.1, -0.05) is 6.92 Å². The van der Waals surface area contributed by atoms with Crippen molar-refractivity contribution in [3.8, 4) is 0 Å². The molecule has 0 radical (unpaired) electrons. The third-order valence-corrected chi connectivity index (χ3v) is 3.06. The van der Waals surface area contributed by atoms with Crippen LogP contribution in [0.1, 0.15) is 29.6 Å². The topological polar surface area (TPSA) is 85.4 Å². The van der Waals surface area contributed by atoms with Gasteiger partial charge in [-0.05, 0) is 0 Å². The standard InChI is InChI=1S/C9H14N2O3S/c1-5(3-14-2)8-11-6(4-15-8)7(10)9(12)13/h4-5,7H,3,10H2,1-2H3,(H,12,13). The molecule has 0 amide bonds. The van der Waals surface area contributed by atoms with Crippen LogP contribution in [0.2, 0.25) is 0 Å². The third kappa shape index (κ3) is 2.98. The summed E-state index contributed by atoms with van der Waals surface area (Å²) < 4.78 is 4.99. The summed E-state index contributed by atoms with van der Waals surface area (Å²) >= 11 is 1.41. The first-order valence-corrected chi connectivity index (χ1v) is 5.36. The van der Waals surface area contributed by atoms with Gasteiger partial charge in [-0.3, -0.25) is 4.79 Å². The minimum atomic E-state index is -1.06. The van der Waals surface area contributed by atoms with Gasteiger partial charge in [0.15, 0.2) is 0 Å². The summed E-state index contributed by atoms with van der Waals surface area (Å²) in [5.41, 5.74) is 5.85. The largest absolute Gasteiger partial charge is 0.480 e. The number of carboxylic acids is 1. The molecule has 0 aliphatic carbocycles. The van der Waals surface area contributed by atoms with Crippen molar-refractivity contribution in [1.29, 1.82) is 0 Å². The highest BCUT2D eigenvalue weighted by atomic mass is 32.1. The number of carbonyl (C=O) groups is 1. The van der Waals surface area contributed by atoms with Crippen molar-refractivity contribution in [2.45, 2.75) is 18.9 Å². The van der Waals surface area contributed by atoms with Crippen LogP contribution in [-0.4, -0.2) is 29.8 Å². The number of carboxylic acid groups (broad SMARTS) is 1. The number of methoxy groups -OCH3 is 1. The molecule has 3 N–H and O–H groups in total. The summed E-state index contributed by atoms with van der Waals surface area (Å²) in [6.07, 6.45) is 0. The summed E-state index contributed by atoms with van der Waals surface area (Å²) in [5, 5.41) is 11.2. The van der Waals surface area contributed by atoms with E-state index in [0.29, 0.717) is 12.3 Å². The molecule has 1 rings (SSSR count). The van der Waals surface area contributed by atoms with E-state index in [1.807, 2.05) is 6.92 Å². The number of aliphatic carboxylic acids is 1. The smallest absolute Gasteiger partial charge is 0.326 e. The van der Waals surface area contributed by atoms with E-state index in [4.69, 9.17) is 15.6 Å². The van der Waals surface area contributed by atoms with Crippen LogP contribution in [0.4, 0.5) is 0 Å². The number of nitrogens with zero attached hydrogens (tertiary/aromatic N) is 1. The van der Waals surface area contributed by atoms with E-state index in [2.05, 4.69) is 4.98 Å². The molecule has 0 aliphatic rings. The second-order valence-electron chi connectivity index (χ2n) is 3.28. The average Bonchev–Trinajstić information content (AvgIpc) is 2.65. The summed E-state index contributed by atoms with van der Waals surface area (Å²) in [6.45, 7) is 2.54. The Bertz CT molecular complexity index is 340. The molecule has 0 saturated carbocycles. The van der Waals surface area contributed by atoms with Gasteiger partial charge in [0, 0.05) is 18.4 Å². The Morgan fingerprint density at radius 3 is 3.00 bits per heavy atom. The number of ether oxygens (including phenoxy) is 1. The number of rotatable bonds is 5. The minimum Gasteiger partial charge on any atom is -0.480 e. The Morgan fingerprint density at radius 1 is 1.80 bits per heavy atom. The molecule has 0 bridgehead atoms. The number of hydrogen-bond acceptors (Lipinski definition) is 5. The molecule has 0 saturated heterocycles. The second kappa shape index (κ2) is 5.20. The zero-order chi connectivity index (χ0) is 11.4. The van der Waals surface area contributed by atoms with Crippen molar-refractivity contribution in [3.63, 3.8) is 0 Å². The van der Waals surface area contributed by atoms with Gasteiger partial charge in [-0.15, -0.1) is 11.3 Å². The molecule has 0 aromatic carbocycles. The first kappa shape index (κ1) is 12.1. The van der Waals surface area contributed by atoms with Gasteiger partial charge in [0.2, 0.25) is 0 Å². The maximum Gasteiger partial charge on any atom is 0.326 e. The lowest BCUT2D eigenvalue weighted by atomic mass is 10.2. The number of nitrogens with two attached hydrogens (primary N) is 1. The average molecular weight is 230 g/mol. The van der Waals surface area contributed by atoms with Crippen molar-refractivity contribution in [1.82, 2.24) is 4.98 Å². The predicted molar refractivity (Wildman–Crippen MR) is 57.0 cm³/mol. The van der Waals surface area contributed by atoms with Crippen LogP contribution >= 0.6 is 11.3 Å². The van der Waals surface area contributed by atoms with Crippen LogP contribution in [0, 0.1) is 0 Å². The van der Waals surface area contributed by atoms with E-state index in [9.17, 15) is 4.79 Å². The molecular formula is C9H14N2O3S. The van der Waals surface area contributed by atoms with E-state index >= 15 is 0 Å². The fraction of sp³-hybridized carbons (Fsp3) is 0.556. The molecule has 15 heavy (non-hydrogen) atoms. The fourth-order valence-electron chi connectivity index (χ4n) is 1.12. The molecule has 0 aliphatic heterocycles. The number of hydrogen-bond donors (Lipinski definition) is 2. The zero-order valence-corrected chi connectivity index (χ0v) is 9.45. The van der Waals surface area contributed by atoms with Crippen molar-refractivity contribution >= 4 is 17.3 Å². The van der Waals surface area contributed by atoms with Gasteiger partial charge >= 0.3 is 5.97 Å². The molecular weight excluding hydrogens is 216 g/mol. The maximum absolute atomic E-state index is 10.6. The molecule has 0 fully saturated rings. The van der Waals surface area contributed by atoms with Gasteiger partial charge < -0.3 is 15.6 Å². The lowest BCUT2D eigenvalue weighted by Crippen LogP contribution is -2.21. The highest BCUT2D eigenvalue weighted by Gasteiger charge is 2.19. The van der Waals surface area contributed by atoms with Crippen molar-refractivity contribution < 1.29 is 14.6 Å². The van der Waals surface area contributed by atoms with Gasteiger partial charge in [-0.2, -0.15) is 0 Å². The molecule has 0 spiro atoms. The van der Waals surface area contributed by atoms with Gasteiger partial charge in [-0.25, -0.2) is 4.98 Å². The lowest BCUT2D eigenvalue weighted by molar-refractivity contribution is -0.138. The van der Waals surface area contributed by atoms with Crippen molar-refractivity contribution in [2.24, 2.45) is 5.73 Å². The summed E-state index contributed by atoms with van der Waals surface area (Å²) in [7, 11) is 1.62. The Labute approximate surface area is 91.9 Å². The van der Waals surface area contributed by atoms with E-state index in [1.165, 1.54) is 11.3 Å². The van der Waals surface area contributed by atoms with Crippen LogP contribution in [0.3, 0.4) is 0 Å². The van der Waals surface area contributed by atoms with Gasteiger partial charge in [0.05, 0.1) is 17.3 Å². The minimum absolute atomic E-state index is 0.162. The monoisotopic (exact) mass is 230 g/mol. The van der Waals surface area contributed by atoms with Crippen molar-refractivity contribution in [2.75, 3.05) is 13.7 Å². The first-order valence-electron chi connectivity index (χ1n) is 4.49. The molecule has 5 nitrogen and oxygen atoms in total. The highest BCUT2D eigenvalue weighted by Crippen LogP contribution is 2.22. The van der Waals surface area contributed by atoms with E-state index < -0.39 is 12.0 Å². The summed E-state index contributed by atoms with van der Waals surface area (Å²) in [5.74, 6) is -0.902. The van der Waals surface area contributed by atoms with Gasteiger partial charge in [0.1, 0.15) is 6.04 Å². The van der Waals surface area contributed by atoms with Crippen LogP contribution < -0.4 is 5.73 Å². The molecule has 84 valence electrons. The van der Waals surface area contributed by atoms with E-state index in [1.54, 1.807) is 12.5 Å². The van der Waals surface area contributed by atoms with Crippen LogP contribution in [-0.2, 0) is 9.53 Å². The Hall–Kier alpha value is -0.980. The first-order chi connectivity index (χ1) is 7.06. The molecule has 1 aromatic rings. The van der Waals surface area contributed by atoms with Crippen LogP contribution in [0.25, 0.3) is 0 Å². The molecule has 2 atom stereocenters. The number of thiazole rings is 1. The van der Waals surface area contributed by atoms with Crippen molar-refractivity contribution in [3.05, 3.63) is 16.1 Å². The third-order valence-electron chi connectivity index (χ3n) is 1.96.